The van der Waals surface area contributed by atoms with Crippen LogP contribution in [0.25, 0.3) is 10.2 Å². The third kappa shape index (κ3) is 2.74. The van der Waals surface area contributed by atoms with Crippen LogP contribution in [0.5, 0.6) is 0 Å². The summed E-state index contributed by atoms with van der Waals surface area (Å²) in [7, 11) is 0. The molecule has 0 amide bonds. The highest BCUT2D eigenvalue weighted by Crippen LogP contribution is 2.17. The number of benzene rings is 2. The maximum absolute atomic E-state index is 12.0. The Kier molecular flexibility index (Phi) is 4.22. The highest BCUT2D eigenvalue weighted by molar-refractivity contribution is 7.16. The van der Waals surface area contributed by atoms with E-state index in [0.29, 0.717) is 6.67 Å². The molecule has 4 nitrogen and oxygen atoms in total. The Morgan fingerprint density at radius 3 is 2.55 bits per heavy atom. The molecule has 5 heteroatoms. The summed E-state index contributed by atoms with van der Waals surface area (Å²) in [6.07, 6.45) is 0. The zero-order chi connectivity index (χ0) is 13.2. The first-order valence-electron chi connectivity index (χ1n) is 6.13. The molecule has 20 heavy (non-hydrogen) atoms. The maximum Gasteiger partial charge on any atom is 0.309 e. The van der Waals surface area contributed by atoms with Crippen molar-refractivity contribution < 1.29 is 5.48 Å². The van der Waals surface area contributed by atoms with Gasteiger partial charge in [0.25, 0.3) is 0 Å². The molecule has 3 N–H and O–H groups in total. The second-order valence-electron chi connectivity index (χ2n) is 4.46. The molecule has 0 aliphatic carbocycles. The van der Waals surface area contributed by atoms with Crippen LogP contribution in [0.2, 0.25) is 0 Å². The molecule has 2 aromatic carbocycles. The number of rotatable bonds is 3. The highest BCUT2D eigenvalue weighted by Gasteiger charge is 2.05. The van der Waals surface area contributed by atoms with E-state index in [2.05, 4.69) is 24.4 Å². The van der Waals surface area contributed by atoms with E-state index in [1.807, 2.05) is 36.4 Å². The third-order valence-corrected chi connectivity index (χ3v) is 4.03. The smallest absolute Gasteiger partial charge is 0.309 e. The van der Waals surface area contributed by atoms with E-state index in [1.54, 1.807) is 4.57 Å². The number of hydrogen-bond donors (Lipinski definition) is 1. The van der Waals surface area contributed by atoms with Gasteiger partial charge in [-0.1, -0.05) is 41.2 Å². The van der Waals surface area contributed by atoms with Crippen LogP contribution in [0.15, 0.2) is 53.3 Å². The van der Waals surface area contributed by atoms with Gasteiger partial charge in [-0.3, -0.25) is 9.36 Å². The number of thiazole rings is 1. The molecule has 0 aliphatic heterocycles. The Morgan fingerprint density at radius 2 is 1.80 bits per heavy atom. The van der Waals surface area contributed by atoms with Gasteiger partial charge in [0.2, 0.25) is 0 Å². The Bertz CT molecular complexity index is 759. The van der Waals surface area contributed by atoms with E-state index < -0.39 is 0 Å². The summed E-state index contributed by atoms with van der Waals surface area (Å²) < 4.78 is 2.79. The minimum absolute atomic E-state index is 0. The summed E-state index contributed by atoms with van der Waals surface area (Å²) in [4.78, 5) is 12.0. The summed E-state index contributed by atoms with van der Waals surface area (Å²) in [5, 5.41) is 3.28. The van der Waals surface area contributed by atoms with Crippen LogP contribution in [0.1, 0.15) is 5.56 Å². The Hall–Kier alpha value is -2.11. The van der Waals surface area contributed by atoms with Gasteiger partial charge < -0.3 is 10.8 Å². The predicted octanol–water partition coefficient (Wildman–Crippen LogP) is 2.62. The first-order valence-corrected chi connectivity index (χ1v) is 6.94. The van der Waals surface area contributed by atoms with E-state index in [0.717, 1.165) is 15.9 Å². The van der Waals surface area contributed by atoms with Crippen LogP contribution >= 0.6 is 11.3 Å². The lowest BCUT2D eigenvalue weighted by Crippen LogP contribution is -2.18. The first kappa shape index (κ1) is 14.3. The van der Waals surface area contributed by atoms with Crippen LogP contribution in [-0.4, -0.2) is 10.0 Å². The second-order valence-corrected chi connectivity index (χ2v) is 5.46. The number of para-hydroxylation sites is 1. The maximum atomic E-state index is 12.0. The fourth-order valence-electron chi connectivity index (χ4n) is 2.01. The van der Waals surface area contributed by atoms with E-state index in [-0.39, 0.29) is 10.3 Å². The van der Waals surface area contributed by atoms with E-state index >= 15 is 0 Å². The molecule has 0 spiro atoms. The molecule has 0 aliphatic rings. The number of aryl methyl sites for hydroxylation is 1. The molecule has 0 atom stereocenters. The van der Waals surface area contributed by atoms with Crippen molar-refractivity contribution in [2.45, 2.75) is 13.6 Å². The summed E-state index contributed by atoms with van der Waals surface area (Å²) in [5.74, 6) is 0. The van der Waals surface area contributed by atoms with E-state index in [4.69, 9.17) is 0 Å². The molecule has 0 radical (unpaired) electrons. The largest absolute Gasteiger partial charge is 0.412 e. The van der Waals surface area contributed by atoms with Crippen LogP contribution in [0.4, 0.5) is 5.69 Å². The monoisotopic (exact) mass is 288 g/mol. The molecule has 0 unspecified atom stereocenters. The SMILES string of the molecule is Cc1ccc(NCn2c(=O)sc3ccccc32)cc1.O. The van der Waals surface area contributed by atoms with Gasteiger partial charge >= 0.3 is 4.87 Å². The lowest BCUT2D eigenvalue weighted by molar-refractivity contribution is 0.792. The fraction of sp³-hybridized carbons (Fsp3) is 0.133. The van der Waals surface area contributed by atoms with Gasteiger partial charge in [0.1, 0.15) is 0 Å². The zero-order valence-corrected chi connectivity index (χ0v) is 11.9. The van der Waals surface area contributed by atoms with Crippen LogP contribution in [0, 0.1) is 6.92 Å². The summed E-state index contributed by atoms with van der Waals surface area (Å²) >= 11 is 1.28. The molecule has 0 saturated heterocycles. The molecule has 3 rings (SSSR count). The first-order chi connectivity index (χ1) is 9.24. The van der Waals surface area contributed by atoms with E-state index in [1.165, 1.54) is 16.9 Å². The molecular weight excluding hydrogens is 272 g/mol. The summed E-state index contributed by atoms with van der Waals surface area (Å²) in [5.41, 5.74) is 3.23. The van der Waals surface area contributed by atoms with Gasteiger partial charge in [-0.25, -0.2) is 0 Å². The second kappa shape index (κ2) is 5.90. The zero-order valence-electron chi connectivity index (χ0n) is 11.1. The van der Waals surface area contributed by atoms with Gasteiger partial charge in [0.15, 0.2) is 0 Å². The number of nitrogens with one attached hydrogen (secondary N) is 1. The minimum atomic E-state index is 0. The molecule has 1 aromatic heterocycles. The number of anilines is 1. The molecule has 0 fully saturated rings. The summed E-state index contributed by atoms with van der Waals surface area (Å²) in [6, 6.07) is 16.0. The van der Waals surface area contributed by atoms with Crippen molar-refractivity contribution in [2.75, 3.05) is 5.32 Å². The lowest BCUT2D eigenvalue weighted by Gasteiger charge is -2.08. The van der Waals surface area contributed by atoms with E-state index in [9.17, 15) is 4.79 Å². The fourth-order valence-corrected chi connectivity index (χ4v) is 2.90. The van der Waals surface area contributed by atoms with Crippen LogP contribution in [0.3, 0.4) is 0 Å². The van der Waals surface area contributed by atoms with Crippen molar-refractivity contribution in [3.63, 3.8) is 0 Å². The van der Waals surface area contributed by atoms with Crippen molar-refractivity contribution in [1.82, 2.24) is 4.57 Å². The summed E-state index contributed by atoms with van der Waals surface area (Å²) in [6.45, 7) is 2.55. The number of aromatic nitrogens is 1. The quantitative estimate of drug-likeness (QED) is 0.805. The van der Waals surface area contributed by atoms with Gasteiger partial charge in [-0.15, -0.1) is 0 Å². The van der Waals surface area contributed by atoms with Crippen molar-refractivity contribution >= 4 is 27.2 Å². The van der Waals surface area contributed by atoms with Crippen molar-refractivity contribution in [3.05, 3.63) is 63.8 Å². The van der Waals surface area contributed by atoms with Crippen molar-refractivity contribution in [1.29, 1.82) is 0 Å². The van der Waals surface area contributed by atoms with Gasteiger partial charge in [-0.05, 0) is 31.2 Å². The topological polar surface area (TPSA) is 65.5 Å². The molecule has 3 aromatic rings. The average molecular weight is 288 g/mol. The van der Waals surface area contributed by atoms with Crippen molar-refractivity contribution in [2.24, 2.45) is 0 Å². The lowest BCUT2D eigenvalue weighted by atomic mass is 10.2. The van der Waals surface area contributed by atoms with Crippen molar-refractivity contribution in [3.8, 4) is 0 Å². The minimum Gasteiger partial charge on any atom is -0.412 e. The molecule has 0 bridgehead atoms. The molecular formula is C15H16N2O2S. The number of fused-ring (bicyclic) bond motifs is 1. The number of nitrogens with zero attached hydrogens (tertiary/aromatic N) is 1. The highest BCUT2D eigenvalue weighted by atomic mass is 32.1. The van der Waals surface area contributed by atoms with Gasteiger partial charge in [-0.2, -0.15) is 0 Å². The van der Waals surface area contributed by atoms with Gasteiger partial charge in [0, 0.05) is 5.69 Å². The van der Waals surface area contributed by atoms with Gasteiger partial charge in [0.05, 0.1) is 16.9 Å². The molecule has 104 valence electrons. The Morgan fingerprint density at radius 1 is 1.10 bits per heavy atom. The molecule has 1 heterocycles. The standard InChI is InChI=1S/C15H14N2OS.H2O/c1-11-6-8-12(9-7-11)16-10-17-13-4-2-3-5-14(13)19-15(17)18;/h2-9,16H,10H2,1H3;1H2. The molecule has 0 saturated carbocycles. The number of hydrogen-bond acceptors (Lipinski definition) is 3. The van der Waals surface area contributed by atoms with Crippen LogP contribution in [-0.2, 0) is 6.67 Å². The average Bonchev–Trinajstić information content (AvgIpc) is 2.74. The van der Waals surface area contributed by atoms with Crippen LogP contribution < -0.4 is 10.2 Å². The predicted molar refractivity (Wildman–Crippen MR) is 84.5 cm³/mol. The third-order valence-electron chi connectivity index (χ3n) is 3.07. The normalized spacial score (nSPS) is 10.2. The Labute approximate surface area is 120 Å². The Balaban J connectivity index is 0.00000147.